The summed E-state index contributed by atoms with van der Waals surface area (Å²) in [5, 5.41) is 8.88. The number of aromatic nitrogens is 2. The van der Waals surface area contributed by atoms with Gasteiger partial charge in [-0.2, -0.15) is 5.10 Å². The van der Waals surface area contributed by atoms with Crippen LogP contribution in [0.3, 0.4) is 0 Å². The monoisotopic (exact) mass is 370 g/mol. The molecule has 0 saturated carbocycles. The SMILES string of the molecule is CCOc1ccc(NC(=O)Cn2nc(-c3cccs3)cc(N)c2=O)cc1. The largest absolute Gasteiger partial charge is 0.494 e. The van der Waals surface area contributed by atoms with Crippen LogP contribution in [0, 0.1) is 0 Å². The summed E-state index contributed by atoms with van der Waals surface area (Å²) < 4.78 is 6.44. The van der Waals surface area contributed by atoms with E-state index in [1.807, 2.05) is 24.4 Å². The molecule has 0 unspecified atom stereocenters. The molecule has 0 aliphatic carbocycles. The summed E-state index contributed by atoms with van der Waals surface area (Å²) in [4.78, 5) is 25.3. The van der Waals surface area contributed by atoms with Gasteiger partial charge in [-0.15, -0.1) is 11.3 Å². The zero-order chi connectivity index (χ0) is 18.5. The quantitative estimate of drug-likeness (QED) is 0.695. The topological polar surface area (TPSA) is 99.2 Å². The van der Waals surface area contributed by atoms with Gasteiger partial charge in [-0.25, -0.2) is 4.68 Å². The number of rotatable bonds is 6. The van der Waals surface area contributed by atoms with Crippen LogP contribution in [-0.2, 0) is 11.3 Å². The maximum atomic E-state index is 12.3. The van der Waals surface area contributed by atoms with E-state index >= 15 is 0 Å². The first-order valence-corrected chi connectivity index (χ1v) is 8.89. The third-order valence-electron chi connectivity index (χ3n) is 3.52. The van der Waals surface area contributed by atoms with E-state index in [1.54, 1.807) is 24.3 Å². The molecule has 0 spiro atoms. The van der Waals surface area contributed by atoms with Crippen molar-refractivity contribution in [3.8, 4) is 16.3 Å². The normalized spacial score (nSPS) is 10.5. The van der Waals surface area contributed by atoms with Crippen LogP contribution >= 0.6 is 11.3 Å². The Kier molecular flexibility index (Phi) is 5.33. The molecule has 0 atom stereocenters. The van der Waals surface area contributed by atoms with Gasteiger partial charge in [0.2, 0.25) is 5.91 Å². The first-order valence-electron chi connectivity index (χ1n) is 8.01. The number of carbonyl (C=O) groups excluding carboxylic acids is 1. The maximum absolute atomic E-state index is 12.3. The van der Waals surface area contributed by atoms with Gasteiger partial charge in [-0.1, -0.05) is 6.07 Å². The molecule has 3 N–H and O–H groups in total. The number of thiophene rings is 1. The number of nitrogens with zero attached hydrogens (tertiary/aromatic N) is 2. The van der Waals surface area contributed by atoms with Crippen molar-refractivity contribution in [1.82, 2.24) is 9.78 Å². The van der Waals surface area contributed by atoms with Crippen molar-refractivity contribution in [2.75, 3.05) is 17.7 Å². The lowest BCUT2D eigenvalue weighted by atomic mass is 10.3. The third-order valence-corrected chi connectivity index (χ3v) is 4.41. The standard InChI is InChI=1S/C18H18N4O3S/c1-2-25-13-7-5-12(6-8-13)20-17(23)11-22-18(24)14(19)10-15(21-22)16-4-3-9-26-16/h3-10H,2,11,19H2,1H3,(H,20,23). The molecule has 0 fully saturated rings. The van der Waals surface area contributed by atoms with E-state index in [9.17, 15) is 9.59 Å². The Morgan fingerprint density at radius 3 is 2.73 bits per heavy atom. The van der Waals surface area contributed by atoms with Gasteiger partial charge >= 0.3 is 0 Å². The van der Waals surface area contributed by atoms with Gasteiger partial charge in [0.1, 0.15) is 23.7 Å². The molecule has 7 nitrogen and oxygen atoms in total. The summed E-state index contributed by atoms with van der Waals surface area (Å²) in [5.74, 6) is 0.353. The zero-order valence-electron chi connectivity index (χ0n) is 14.1. The number of nitrogens with two attached hydrogens (primary N) is 1. The highest BCUT2D eigenvalue weighted by Gasteiger charge is 2.12. The van der Waals surface area contributed by atoms with Crippen LogP contribution in [0.5, 0.6) is 5.75 Å². The molecule has 1 aromatic carbocycles. The lowest BCUT2D eigenvalue weighted by Gasteiger charge is -2.09. The van der Waals surface area contributed by atoms with E-state index in [2.05, 4.69) is 10.4 Å². The van der Waals surface area contributed by atoms with Gasteiger partial charge in [-0.3, -0.25) is 9.59 Å². The lowest BCUT2D eigenvalue weighted by Crippen LogP contribution is -2.31. The van der Waals surface area contributed by atoms with Gasteiger partial charge in [0.05, 0.1) is 11.5 Å². The van der Waals surface area contributed by atoms with Crippen LogP contribution in [0.15, 0.2) is 52.6 Å². The van der Waals surface area contributed by atoms with Crippen LogP contribution in [0.1, 0.15) is 6.92 Å². The van der Waals surface area contributed by atoms with E-state index in [0.717, 1.165) is 15.3 Å². The van der Waals surface area contributed by atoms with Crippen molar-refractivity contribution in [3.05, 3.63) is 58.2 Å². The average Bonchev–Trinajstić information content (AvgIpc) is 3.15. The minimum Gasteiger partial charge on any atom is -0.494 e. The van der Waals surface area contributed by atoms with E-state index in [-0.39, 0.29) is 18.1 Å². The second-order valence-electron chi connectivity index (χ2n) is 5.43. The number of hydrogen-bond acceptors (Lipinski definition) is 6. The number of ether oxygens (including phenoxy) is 1. The Balaban J connectivity index is 1.75. The second kappa shape index (κ2) is 7.83. The van der Waals surface area contributed by atoms with Crippen molar-refractivity contribution < 1.29 is 9.53 Å². The van der Waals surface area contributed by atoms with Crippen molar-refractivity contribution in [1.29, 1.82) is 0 Å². The molecule has 134 valence electrons. The lowest BCUT2D eigenvalue weighted by molar-refractivity contribution is -0.117. The first-order chi connectivity index (χ1) is 12.6. The van der Waals surface area contributed by atoms with E-state index in [4.69, 9.17) is 10.5 Å². The molecule has 2 aromatic heterocycles. The molecule has 26 heavy (non-hydrogen) atoms. The van der Waals surface area contributed by atoms with Crippen molar-refractivity contribution >= 4 is 28.6 Å². The molecular weight excluding hydrogens is 352 g/mol. The molecule has 3 rings (SSSR count). The van der Waals surface area contributed by atoms with Gasteiger partial charge in [0.15, 0.2) is 0 Å². The molecule has 0 radical (unpaired) electrons. The number of nitrogen functional groups attached to an aromatic ring is 1. The Bertz CT molecular complexity index is 950. The highest BCUT2D eigenvalue weighted by molar-refractivity contribution is 7.13. The number of nitrogens with one attached hydrogen (secondary N) is 1. The summed E-state index contributed by atoms with van der Waals surface area (Å²) in [6, 6.07) is 12.3. The Hall–Kier alpha value is -3.13. The molecule has 3 aromatic rings. The average molecular weight is 370 g/mol. The highest BCUT2D eigenvalue weighted by Crippen LogP contribution is 2.22. The highest BCUT2D eigenvalue weighted by atomic mass is 32.1. The van der Waals surface area contributed by atoms with E-state index in [0.29, 0.717) is 18.0 Å². The molecule has 1 amide bonds. The molecule has 0 aliphatic heterocycles. The number of hydrogen-bond donors (Lipinski definition) is 2. The smallest absolute Gasteiger partial charge is 0.290 e. The van der Waals surface area contributed by atoms with Gasteiger partial charge < -0.3 is 15.8 Å². The summed E-state index contributed by atoms with van der Waals surface area (Å²) in [7, 11) is 0. The predicted octanol–water partition coefficient (Wildman–Crippen LogP) is 2.59. The minimum atomic E-state index is -0.493. The van der Waals surface area contributed by atoms with E-state index < -0.39 is 5.56 Å². The maximum Gasteiger partial charge on any atom is 0.290 e. The predicted molar refractivity (Wildman–Crippen MR) is 102 cm³/mol. The first kappa shape index (κ1) is 17.7. The third kappa shape index (κ3) is 4.09. The number of carbonyl (C=O) groups is 1. The molecule has 0 bridgehead atoms. The Morgan fingerprint density at radius 2 is 2.08 bits per heavy atom. The van der Waals surface area contributed by atoms with Gasteiger partial charge in [-0.05, 0) is 48.7 Å². The fourth-order valence-electron chi connectivity index (χ4n) is 2.35. The fraction of sp³-hybridized carbons (Fsp3) is 0.167. The fourth-order valence-corrected chi connectivity index (χ4v) is 3.03. The Labute approximate surface area is 154 Å². The summed E-state index contributed by atoms with van der Waals surface area (Å²) >= 11 is 1.48. The van der Waals surface area contributed by atoms with Crippen molar-refractivity contribution in [2.45, 2.75) is 13.5 Å². The number of benzene rings is 1. The number of amides is 1. The van der Waals surface area contributed by atoms with Gasteiger partial charge in [0.25, 0.3) is 5.56 Å². The molecule has 2 heterocycles. The summed E-state index contributed by atoms with van der Waals surface area (Å²) in [6.07, 6.45) is 0. The zero-order valence-corrected chi connectivity index (χ0v) is 15.0. The van der Waals surface area contributed by atoms with Crippen LogP contribution < -0.4 is 21.3 Å². The molecule has 0 saturated heterocycles. The second-order valence-corrected chi connectivity index (χ2v) is 6.38. The van der Waals surface area contributed by atoms with E-state index in [1.165, 1.54) is 17.4 Å². The minimum absolute atomic E-state index is 0.0530. The Morgan fingerprint density at radius 1 is 1.31 bits per heavy atom. The van der Waals surface area contributed by atoms with Gasteiger partial charge in [0, 0.05) is 5.69 Å². The van der Waals surface area contributed by atoms with Crippen LogP contribution in [0.25, 0.3) is 10.6 Å². The molecule has 0 aliphatic rings. The number of anilines is 2. The summed E-state index contributed by atoms with van der Waals surface area (Å²) in [5.41, 5.74) is 6.51. The van der Waals surface area contributed by atoms with Crippen LogP contribution in [0.4, 0.5) is 11.4 Å². The van der Waals surface area contributed by atoms with Crippen LogP contribution in [-0.4, -0.2) is 22.3 Å². The molecular formula is C18H18N4O3S. The van der Waals surface area contributed by atoms with Crippen molar-refractivity contribution in [3.63, 3.8) is 0 Å². The van der Waals surface area contributed by atoms with Crippen molar-refractivity contribution in [2.24, 2.45) is 0 Å². The van der Waals surface area contributed by atoms with Crippen LogP contribution in [0.2, 0.25) is 0 Å². The summed E-state index contributed by atoms with van der Waals surface area (Å²) in [6.45, 7) is 2.24. The molecule has 8 heteroatoms.